The lowest BCUT2D eigenvalue weighted by Gasteiger charge is -2.03. The number of aryl methyl sites for hydroxylation is 1. The molecule has 0 saturated carbocycles. The first kappa shape index (κ1) is 17.2. The van der Waals surface area contributed by atoms with E-state index in [1.807, 2.05) is 18.2 Å². The average molecular weight is 291 g/mol. The fraction of sp³-hybridized carbons (Fsp3) is 0.529. The summed E-state index contributed by atoms with van der Waals surface area (Å²) < 4.78 is 0. The molecule has 1 aromatic carbocycles. The molecule has 0 aliphatic heterocycles. The molecule has 4 heteroatoms. The second kappa shape index (κ2) is 10.9. The summed E-state index contributed by atoms with van der Waals surface area (Å²) in [5, 5.41) is 12.8. The molecule has 0 saturated heterocycles. The Balaban J connectivity index is 2.22. The van der Waals surface area contributed by atoms with Crippen LogP contribution >= 0.6 is 0 Å². The van der Waals surface area contributed by atoms with Gasteiger partial charge in [-0.1, -0.05) is 61.7 Å². The first-order valence-electron chi connectivity index (χ1n) is 7.70. The molecule has 0 amide bonds. The number of oxime groups is 1. The highest BCUT2D eigenvalue weighted by Gasteiger charge is 2.09. The number of benzene rings is 1. The minimum Gasteiger partial charge on any atom is -0.477 e. The van der Waals surface area contributed by atoms with Crippen LogP contribution in [0.3, 0.4) is 0 Å². The van der Waals surface area contributed by atoms with Crippen LogP contribution in [0.4, 0.5) is 0 Å². The third kappa shape index (κ3) is 8.12. The van der Waals surface area contributed by atoms with E-state index >= 15 is 0 Å². The molecule has 1 rings (SSSR count). The maximum atomic E-state index is 11.0. The van der Waals surface area contributed by atoms with Gasteiger partial charge in [-0.3, -0.25) is 0 Å². The van der Waals surface area contributed by atoms with E-state index in [0.717, 1.165) is 38.5 Å². The zero-order valence-electron chi connectivity index (χ0n) is 12.8. The van der Waals surface area contributed by atoms with Gasteiger partial charge >= 0.3 is 5.97 Å². The lowest BCUT2D eigenvalue weighted by molar-refractivity contribution is -0.129. The topological polar surface area (TPSA) is 58.9 Å². The minimum atomic E-state index is -0.977. The number of carboxylic acids is 1. The van der Waals surface area contributed by atoms with E-state index in [0.29, 0.717) is 13.0 Å². The van der Waals surface area contributed by atoms with Crippen LogP contribution in [0.5, 0.6) is 0 Å². The molecule has 0 aromatic heterocycles. The zero-order valence-corrected chi connectivity index (χ0v) is 12.8. The number of hydrogen-bond acceptors (Lipinski definition) is 3. The van der Waals surface area contributed by atoms with Crippen LogP contribution in [0.25, 0.3) is 0 Å². The summed E-state index contributed by atoms with van der Waals surface area (Å²) in [6, 6.07) is 10.1. The Morgan fingerprint density at radius 2 is 1.90 bits per heavy atom. The summed E-state index contributed by atoms with van der Waals surface area (Å²) in [5.41, 5.74) is 1.38. The summed E-state index contributed by atoms with van der Waals surface area (Å²) in [4.78, 5) is 16.2. The second-order valence-corrected chi connectivity index (χ2v) is 5.08. The van der Waals surface area contributed by atoms with Crippen LogP contribution in [0, 0.1) is 0 Å². The van der Waals surface area contributed by atoms with Gasteiger partial charge in [0.1, 0.15) is 6.61 Å². The van der Waals surface area contributed by atoms with Crippen LogP contribution < -0.4 is 0 Å². The van der Waals surface area contributed by atoms with E-state index < -0.39 is 5.97 Å². The Morgan fingerprint density at radius 1 is 1.14 bits per heavy atom. The SMILES string of the molecule is CCCCCC/C(=N\OCCCc1ccccc1)C(=O)O. The summed E-state index contributed by atoms with van der Waals surface area (Å²) in [6.45, 7) is 2.57. The third-order valence-electron chi connectivity index (χ3n) is 3.23. The molecule has 0 atom stereocenters. The molecule has 0 radical (unpaired) electrons. The maximum absolute atomic E-state index is 11.0. The monoisotopic (exact) mass is 291 g/mol. The van der Waals surface area contributed by atoms with Crippen molar-refractivity contribution in [2.24, 2.45) is 5.16 Å². The molecule has 0 aliphatic carbocycles. The molecule has 0 bridgehead atoms. The molecular formula is C17H25NO3. The van der Waals surface area contributed by atoms with Gasteiger partial charge in [-0.05, 0) is 24.8 Å². The van der Waals surface area contributed by atoms with Crippen LogP contribution in [-0.2, 0) is 16.1 Å². The van der Waals surface area contributed by atoms with Gasteiger partial charge in [0, 0.05) is 6.42 Å². The van der Waals surface area contributed by atoms with Gasteiger partial charge in [0.15, 0.2) is 5.71 Å². The Labute approximate surface area is 126 Å². The van der Waals surface area contributed by atoms with Crippen molar-refractivity contribution in [3.05, 3.63) is 35.9 Å². The Morgan fingerprint density at radius 3 is 2.57 bits per heavy atom. The molecule has 0 fully saturated rings. The highest BCUT2D eigenvalue weighted by Crippen LogP contribution is 2.05. The summed E-state index contributed by atoms with van der Waals surface area (Å²) in [7, 11) is 0. The highest BCUT2D eigenvalue weighted by molar-refractivity contribution is 6.35. The predicted octanol–water partition coefficient (Wildman–Crippen LogP) is 4.05. The van der Waals surface area contributed by atoms with Crippen molar-refractivity contribution in [2.45, 2.75) is 51.9 Å². The van der Waals surface area contributed by atoms with Crippen LogP contribution in [0.15, 0.2) is 35.5 Å². The summed E-state index contributed by atoms with van der Waals surface area (Å²) >= 11 is 0. The molecule has 1 aromatic rings. The van der Waals surface area contributed by atoms with Crippen molar-refractivity contribution in [2.75, 3.05) is 6.61 Å². The molecule has 0 unspecified atom stereocenters. The van der Waals surface area contributed by atoms with E-state index in [1.54, 1.807) is 0 Å². The third-order valence-corrected chi connectivity index (χ3v) is 3.23. The van der Waals surface area contributed by atoms with Crippen molar-refractivity contribution in [3.63, 3.8) is 0 Å². The van der Waals surface area contributed by atoms with Gasteiger partial charge < -0.3 is 9.94 Å². The number of aliphatic carboxylic acids is 1. The molecular weight excluding hydrogens is 266 g/mol. The fourth-order valence-corrected chi connectivity index (χ4v) is 2.02. The average Bonchev–Trinajstić information content (AvgIpc) is 2.49. The second-order valence-electron chi connectivity index (χ2n) is 5.08. The van der Waals surface area contributed by atoms with Crippen molar-refractivity contribution in [3.8, 4) is 0 Å². The number of carbonyl (C=O) groups is 1. The molecule has 4 nitrogen and oxygen atoms in total. The minimum absolute atomic E-state index is 0.130. The van der Waals surface area contributed by atoms with Crippen LogP contribution in [-0.4, -0.2) is 23.4 Å². The first-order valence-corrected chi connectivity index (χ1v) is 7.70. The molecule has 116 valence electrons. The number of unbranched alkanes of at least 4 members (excludes halogenated alkanes) is 3. The molecule has 1 N–H and O–H groups in total. The van der Waals surface area contributed by atoms with E-state index in [9.17, 15) is 4.79 Å². The number of rotatable bonds is 11. The van der Waals surface area contributed by atoms with Crippen LogP contribution in [0.2, 0.25) is 0 Å². The van der Waals surface area contributed by atoms with Gasteiger partial charge in [0.2, 0.25) is 0 Å². The van der Waals surface area contributed by atoms with Crippen molar-refractivity contribution in [1.82, 2.24) is 0 Å². The van der Waals surface area contributed by atoms with Gasteiger partial charge in [-0.2, -0.15) is 0 Å². The normalized spacial score (nSPS) is 11.4. The number of hydrogen-bond donors (Lipinski definition) is 1. The quantitative estimate of drug-likeness (QED) is 0.380. The highest BCUT2D eigenvalue weighted by atomic mass is 16.6. The zero-order chi connectivity index (χ0) is 15.3. The van der Waals surface area contributed by atoms with Crippen molar-refractivity contribution in [1.29, 1.82) is 0 Å². The maximum Gasteiger partial charge on any atom is 0.353 e. The largest absolute Gasteiger partial charge is 0.477 e. The van der Waals surface area contributed by atoms with E-state index in [4.69, 9.17) is 9.94 Å². The van der Waals surface area contributed by atoms with Crippen molar-refractivity contribution >= 4 is 11.7 Å². The number of nitrogens with zero attached hydrogens (tertiary/aromatic N) is 1. The molecule has 0 heterocycles. The standard InChI is InChI=1S/C17H25NO3/c1-2-3-4-8-13-16(17(19)20)18-21-14-9-12-15-10-6-5-7-11-15/h5-7,10-11H,2-4,8-9,12-14H2,1H3,(H,19,20)/b18-16+. The summed E-state index contributed by atoms with van der Waals surface area (Å²) in [5.74, 6) is -0.977. The number of carboxylic acid groups (broad SMARTS) is 1. The Hall–Kier alpha value is -1.84. The smallest absolute Gasteiger partial charge is 0.353 e. The molecule has 21 heavy (non-hydrogen) atoms. The van der Waals surface area contributed by atoms with Crippen molar-refractivity contribution < 1.29 is 14.7 Å². The van der Waals surface area contributed by atoms with Crippen LogP contribution in [0.1, 0.15) is 51.0 Å². The predicted molar refractivity (Wildman–Crippen MR) is 84.5 cm³/mol. The van der Waals surface area contributed by atoms with E-state index in [-0.39, 0.29) is 5.71 Å². The lowest BCUT2D eigenvalue weighted by atomic mass is 10.1. The fourth-order valence-electron chi connectivity index (χ4n) is 2.02. The van der Waals surface area contributed by atoms with Gasteiger partial charge in [-0.25, -0.2) is 4.79 Å². The molecule has 0 spiro atoms. The van der Waals surface area contributed by atoms with E-state index in [1.165, 1.54) is 5.56 Å². The Kier molecular flexibility index (Phi) is 8.93. The lowest BCUT2D eigenvalue weighted by Crippen LogP contribution is -2.13. The van der Waals surface area contributed by atoms with E-state index in [2.05, 4.69) is 24.2 Å². The Bertz CT molecular complexity index is 429. The van der Waals surface area contributed by atoms with Gasteiger partial charge in [-0.15, -0.1) is 0 Å². The first-order chi connectivity index (χ1) is 10.2. The van der Waals surface area contributed by atoms with Gasteiger partial charge in [0.05, 0.1) is 0 Å². The molecule has 0 aliphatic rings. The summed E-state index contributed by atoms with van der Waals surface area (Å²) in [6.07, 6.45) is 6.38. The van der Waals surface area contributed by atoms with Gasteiger partial charge in [0.25, 0.3) is 0 Å².